The van der Waals surface area contributed by atoms with Crippen LogP contribution < -0.4 is 5.32 Å². The zero-order valence-corrected chi connectivity index (χ0v) is 15.1. The van der Waals surface area contributed by atoms with Crippen LogP contribution in [0, 0.1) is 18.3 Å². The quantitative estimate of drug-likeness (QED) is 0.832. The maximum atomic E-state index is 4.36. The third-order valence-electron chi connectivity index (χ3n) is 4.89. The molecular formula is C17H31N3S. The summed E-state index contributed by atoms with van der Waals surface area (Å²) in [5.41, 5.74) is 3.59. The second-order valence-electron chi connectivity index (χ2n) is 7.28. The number of hydrogen-bond acceptors (Lipinski definition) is 4. The highest BCUT2D eigenvalue weighted by Gasteiger charge is 2.41. The van der Waals surface area contributed by atoms with Gasteiger partial charge in [-0.05, 0) is 51.1 Å². The van der Waals surface area contributed by atoms with E-state index in [0.29, 0.717) is 11.5 Å². The Morgan fingerprint density at radius 3 is 2.86 bits per heavy atom. The minimum atomic E-state index is 0.432. The summed E-state index contributed by atoms with van der Waals surface area (Å²) in [6.45, 7) is 12.6. The average Bonchev–Trinajstić information content (AvgIpc) is 2.92. The number of aromatic nitrogens is 1. The van der Waals surface area contributed by atoms with E-state index in [1.807, 2.05) is 5.51 Å². The monoisotopic (exact) mass is 309 g/mol. The van der Waals surface area contributed by atoms with Crippen LogP contribution in [0.1, 0.15) is 50.6 Å². The molecule has 1 aromatic heterocycles. The Labute approximate surface area is 134 Å². The van der Waals surface area contributed by atoms with Crippen LogP contribution in [0.5, 0.6) is 0 Å². The van der Waals surface area contributed by atoms with Crippen molar-refractivity contribution in [3.63, 3.8) is 0 Å². The summed E-state index contributed by atoms with van der Waals surface area (Å²) in [7, 11) is 2.25. The van der Waals surface area contributed by atoms with Gasteiger partial charge in [-0.15, -0.1) is 11.3 Å². The maximum Gasteiger partial charge on any atom is 0.0798 e. The summed E-state index contributed by atoms with van der Waals surface area (Å²) in [5.74, 6) is 0.768. The first kappa shape index (κ1) is 16.9. The van der Waals surface area contributed by atoms with Gasteiger partial charge in [0.1, 0.15) is 0 Å². The number of hydrogen-bond donors (Lipinski definition) is 1. The van der Waals surface area contributed by atoms with Crippen LogP contribution in [0.25, 0.3) is 0 Å². The van der Waals surface area contributed by atoms with E-state index >= 15 is 0 Å². The first-order chi connectivity index (χ1) is 9.94. The molecule has 0 aliphatic heterocycles. The molecular weight excluding hydrogens is 278 g/mol. The lowest BCUT2D eigenvalue weighted by Crippen LogP contribution is -2.45. The van der Waals surface area contributed by atoms with Gasteiger partial charge in [0.15, 0.2) is 0 Å². The van der Waals surface area contributed by atoms with Crippen molar-refractivity contribution in [1.82, 2.24) is 15.2 Å². The van der Waals surface area contributed by atoms with E-state index in [-0.39, 0.29) is 0 Å². The van der Waals surface area contributed by atoms with Gasteiger partial charge in [0.05, 0.1) is 11.2 Å². The third kappa shape index (κ3) is 4.27. The van der Waals surface area contributed by atoms with Crippen molar-refractivity contribution in [1.29, 1.82) is 0 Å². The molecule has 2 atom stereocenters. The van der Waals surface area contributed by atoms with E-state index in [9.17, 15) is 0 Å². The molecule has 21 heavy (non-hydrogen) atoms. The van der Waals surface area contributed by atoms with Crippen LogP contribution in [0.3, 0.4) is 0 Å². The molecule has 1 saturated carbocycles. The molecule has 2 rings (SSSR count). The first-order valence-electron chi connectivity index (χ1n) is 8.25. The summed E-state index contributed by atoms with van der Waals surface area (Å²) in [5, 5.41) is 3.81. The van der Waals surface area contributed by atoms with Crippen LogP contribution in [0.15, 0.2) is 5.51 Å². The van der Waals surface area contributed by atoms with Gasteiger partial charge in [0.2, 0.25) is 0 Å². The van der Waals surface area contributed by atoms with Gasteiger partial charge in [-0.25, -0.2) is 4.98 Å². The van der Waals surface area contributed by atoms with Crippen LogP contribution in [-0.4, -0.2) is 36.1 Å². The van der Waals surface area contributed by atoms with Crippen molar-refractivity contribution in [2.75, 3.05) is 20.1 Å². The zero-order chi connectivity index (χ0) is 15.5. The lowest BCUT2D eigenvalue weighted by molar-refractivity contribution is 0.200. The fraction of sp³-hybridized carbons (Fsp3) is 0.824. The molecule has 0 amide bonds. The van der Waals surface area contributed by atoms with Gasteiger partial charge in [-0.3, -0.25) is 0 Å². The summed E-state index contributed by atoms with van der Waals surface area (Å²) < 4.78 is 0. The van der Waals surface area contributed by atoms with Crippen molar-refractivity contribution in [2.45, 2.75) is 59.5 Å². The van der Waals surface area contributed by atoms with Crippen LogP contribution in [0.2, 0.25) is 0 Å². The van der Waals surface area contributed by atoms with Crippen molar-refractivity contribution in [3.8, 4) is 0 Å². The first-order valence-corrected chi connectivity index (χ1v) is 9.13. The molecule has 1 aliphatic rings. The minimum absolute atomic E-state index is 0.432. The Kier molecular flexibility index (Phi) is 5.81. The highest BCUT2D eigenvalue weighted by atomic mass is 32.1. The molecule has 2 unspecified atom stereocenters. The molecule has 1 fully saturated rings. The SMILES string of the molecule is CCCNC1C(CN(C)Cc2scnc2C)CCC1(C)C. The predicted molar refractivity (Wildman–Crippen MR) is 91.8 cm³/mol. The Balaban J connectivity index is 1.92. The normalized spacial score (nSPS) is 24.9. The third-order valence-corrected chi connectivity index (χ3v) is 5.81. The van der Waals surface area contributed by atoms with Gasteiger partial charge in [0.25, 0.3) is 0 Å². The van der Waals surface area contributed by atoms with Gasteiger partial charge in [-0.2, -0.15) is 0 Å². The molecule has 1 aliphatic carbocycles. The molecule has 0 radical (unpaired) electrons. The van der Waals surface area contributed by atoms with Crippen molar-refractivity contribution in [3.05, 3.63) is 16.1 Å². The Bertz CT molecular complexity index is 441. The van der Waals surface area contributed by atoms with Crippen molar-refractivity contribution < 1.29 is 0 Å². The molecule has 0 bridgehead atoms. The number of nitrogens with one attached hydrogen (secondary N) is 1. The highest BCUT2D eigenvalue weighted by Crippen LogP contribution is 2.41. The number of rotatable bonds is 7. The zero-order valence-electron chi connectivity index (χ0n) is 14.3. The molecule has 4 heteroatoms. The standard InChI is InChI=1S/C17H31N3S/c1-6-9-18-16-14(7-8-17(16,3)4)10-20(5)11-15-13(2)19-12-21-15/h12,14,16,18H,6-11H2,1-5H3. The number of nitrogens with zero attached hydrogens (tertiary/aromatic N) is 2. The summed E-state index contributed by atoms with van der Waals surface area (Å²) in [4.78, 5) is 8.25. The highest BCUT2D eigenvalue weighted by molar-refractivity contribution is 7.09. The fourth-order valence-electron chi connectivity index (χ4n) is 3.65. The van der Waals surface area contributed by atoms with E-state index < -0.39 is 0 Å². The second-order valence-corrected chi connectivity index (χ2v) is 8.22. The molecule has 1 aromatic rings. The molecule has 1 N–H and O–H groups in total. The summed E-state index contributed by atoms with van der Waals surface area (Å²) in [6, 6.07) is 0.655. The largest absolute Gasteiger partial charge is 0.313 e. The number of aryl methyl sites for hydroxylation is 1. The Hall–Kier alpha value is -0.450. The van der Waals surface area contributed by atoms with Gasteiger partial charge in [-0.1, -0.05) is 20.8 Å². The van der Waals surface area contributed by atoms with Gasteiger partial charge in [0, 0.05) is 24.0 Å². The molecule has 0 spiro atoms. The Morgan fingerprint density at radius 2 is 2.24 bits per heavy atom. The Morgan fingerprint density at radius 1 is 1.48 bits per heavy atom. The minimum Gasteiger partial charge on any atom is -0.313 e. The fourth-order valence-corrected chi connectivity index (χ4v) is 4.50. The lowest BCUT2D eigenvalue weighted by Gasteiger charge is -2.33. The van der Waals surface area contributed by atoms with Gasteiger partial charge >= 0.3 is 0 Å². The smallest absolute Gasteiger partial charge is 0.0798 e. The van der Waals surface area contributed by atoms with Crippen molar-refractivity contribution >= 4 is 11.3 Å². The van der Waals surface area contributed by atoms with E-state index in [4.69, 9.17) is 0 Å². The molecule has 0 aromatic carbocycles. The predicted octanol–water partition coefficient (Wildman–Crippen LogP) is 3.69. The van der Waals surface area contributed by atoms with Crippen LogP contribution in [-0.2, 0) is 6.54 Å². The van der Waals surface area contributed by atoms with E-state index in [1.54, 1.807) is 11.3 Å². The topological polar surface area (TPSA) is 28.2 Å². The lowest BCUT2D eigenvalue weighted by atomic mass is 9.84. The molecule has 3 nitrogen and oxygen atoms in total. The maximum absolute atomic E-state index is 4.36. The average molecular weight is 310 g/mol. The van der Waals surface area contributed by atoms with Crippen LogP contribution >= 0.6 is 11.3 Å². The number of thiazole rings is 1. The van der Waals surface area contributed by atoms with E-state index in [0.717, 1.165) is 19.0 Å². The molecule has 1 heterocycles. The van der Waals surface area contributed by atoms with E-state index in [1.165, 1.54) is 36.4 Å². The summed E-state index contributed by atoms with van der Waals surface area (Å²) in [6.07, 6.45) is 3.90. The van der Waals surface area contributed by atoms with Crippen molar-refractivity contribution in [2.24, 2.45) is 11.3 Å². The van der Waals surface area contributed by atoms with Crippen LogP contribution in [0.4, 0.5) is 0 Å². The molecule has 0 saturated heterocycles. The van der Waals surface area contributed by atoms with Gasteiger partial charge < -0.3 is 10.2 Å². The second kappa shape index (κ2) is 7.21. The summed E-state index contributed by atoms with van der Waals surface area (Å²) >= 11 is 1.78. The molecule has 120 valence electrons. The van der Waals surface area contributed by atoms with E-state index in [2.05, 4.69) is 49.9 Å².